The molecule has 1 aromatic rings. The van der Waals surface area contributed by atoms with E-state index in [-0.39, 0.29) is 16.6 Å². The van der Waals surface area contributed by atoms with Crippen LogP contribution in [0, 0.1) is 17.5 Å². The molecule has 0 aliphatic heterocycles. The first-order chi connectivity index (χ1) is 7.52. The highest BCUT2D eigenvalue weighted by Gasteiger charge is 2.42. The van der Waals surface area contributed by atoms with Crippen molar-refractivity contribution >= 4 is 15.9 Å². The summed E-state index contributed by atoms with van der Waals surface area (Å²) in [6.07, 6.45) is 2.19. The number of hydrogen-bond acceptors (Lipinski definition) is 1. The molecular weight excluding hydrogens is 283 g/mol. The highest BCUT2D eigenvalue weighted by molar-refractivity contribution is 9.10. The van der Waals surface area contributed by atoms with Gasteiger partial charge in [0.1, 0.15) is 17.5 Å². The lowest BCUT2D eigenvalue weighted by Gasteiger charge is -2.41. The van der Waals surface area contributed by atoms with Crippen LogP contribution in [0.5, 0.6) is 0 Å². The van der Waals surface area contributed by atoms with Gasteiger partial charge in [0, 0.05) is 23.6 Å². The lowest BCUT2D eigenvalue weighted by molar-refractivity contribution is 0.234. The number of benzene rings is 1. The molecule has 0 bridgehead atoms. The summed E-state index contributed by atoms with van der Waals surface area (Å²) in [5.74, 6) is -2.63. The molecule has 88 valence electrons. The molecule has 1 aliphatic rings. The van der Waals surface area contributed by atoms with Gasteiger partial charge in [-0.3, -0.25) is 0 Å². The maximum atomic E-state index is 13.8. The van der Waals surface area contributed by atoms with Gasteiger partial charge in [-0.05, 0) is 28.8 Å². The molecule has 0 aromatic heterocycles. The molecule has 1 fully saturated rings. The summed E-state index contributed by atoms with van der Waals surface area (Å²) in [6, 6.07) is 0.707. The van der Waals surface area contributed by atoms with Crippen LogP contribution >= 0.6 is 15.9 Å². The van der Waals surface area contributed by atoms with Gasteiger partial charge in [0.2, 0.25) is 0 Å². The van der Waals surface area contributed by atoms with Gasteiger partial charge in [0.25, 0.3) is 0 Å². The third kappa shape index (κ3) is 1.57. The van der Waals surface area contributed by atoms with Crippen molar-refractivity contribution in [3.63, 3.8) is 0 Å². The van der Waals surface area contributed by atoms with Crippen molar-refractivity contribution in [2.45, 2.75) is 24.7 Å². The molecule has 1 nitrogen and oxygen atoms in total. The van der Waals surface area contributed by atoms with Crippen molar-refractivity contribution in [1.82, 2.24) is 0 Å². The fourth-order valence-electron chi connectivity index (χ4n) is 2.21. The molecule has 1 aliphatic carbocycles. The minimum atomic E-state index is -0.926. The maximum absolute atomic E-state index is 13.8. The summed E-state index contributed by atoms with van der Waals surface area (Å²) in [6.45, 7) is 0.179. The third-order valence-electron chi connectivity index (χ3n) is 3.35. The summed E-state index contributed by atoms with van der Waals surface area (Å²) < 4.78 is 40.2. The van der Waals surface area contributed by atoms with Gasteiger partial charge in [-0.1, -0.05) is 6.42 Å². The van der Waals surface area contributed by atoms with Crippen molar-refractivity contribution in [2.24, 2.45) is 5.73 Å². The van der Waals surface area contributed by atoms with Crippen molar-refractivity contribution in [3.05, 3.63) is 33.6 Å². The van der Waals surface area contributed by atoms with E-state index in [9.17, 15) is 13.2 Å². The largest absolute Gasteiger partial charge is 0.330 e. The van der Waals surface area contributed by atoms with E-state index in [4.69, 9.17) is 5.73 Å². The van der Waals surface area contributed by atoms with E-state index in [0.29, 0.717) is 18.9 Å². The number of halogens is 4. The Hall–Kier alpha value is -0.550. The Bertz CT molecular complexity index is 424. The SMILES string of the molecule is NCC1(c2c(F)cc(F)c(Br)c2F)CCC1. The van der Waals surface area contributed by atoms with Crippen LogP contribution in [-0.2, 0) is 5.41 Å². The first-order valence-corrected chi connectivity index (χ1v) is 5.85. The zero-order valence-corrected chi connectivity index (χ0v) is 10.1. The molecular formula is C11H11BrF3N. The predicted octanol–water partition coefficient (Wildman–Crippen LogP) is 3.25. The number of hydrogen-bond donors (Lipinski definition) is 1. The molecule has 1 saturated carbocycles. The summed E-state index contributed by atoms with van der Waals surface area (Å²) in [5, 5.41) is 0. The van der Waals surface area contributed by atoms with E-state index in [2.05, 4.69) is 15.9 Å². The molecule has 0 amide bonds. The Labute approximate surface area is 100.0 Å². The topological polar surface area (TPSA) is 26.0 Å². The monoisotopic (exact) mass is 293 g/mol. The number of nitrogens with two attached hydrogens (primary N) is 1. The van der Waals surface area contributed by atoms with Gasteiger partial charge in [-0.15, -0.1) is 0 Å². The Morgan fingerprint density at radius 2 is 1.88 bits per heavy atom. The maximum Gasteiger partial charge on any atom is 0.147 e. The summed E-state index contributed by atoms with van der Waals surface area (Å²) in [4.78, 5) is 0. The van der Waals surface area contributed by atoms with E-state index in [0.717, 1.165) is 6.42 Å². The standard InChI is InChI=1S/C11H11BrF3N/c12-9-7(14)4-6(13)8(10(9)15)11(5-16)2-1-3-11/h4H,1-3,5,16H2. The fraction of sp³-hybridized carbons (Fsp3) is 0.455. The highest BCUT2D eigenvalue weighted by atomic mass is 79.9. The van der Waals surface area contributed by atoms with Crippen LogP contribution < -0.4 is 5.73 Å². The van der Waals surface area contributed by atoms with Gasteiger partial charge in [0.05, 0.1) is 4.47 Å². The Balaban J connectivity index is 2.60. The Kier molecular flexibility index (Phi) is 3.01. The lowest BCUT2D eigenvalue weighted by Crippen LogP contribution is -2.43. The molecule has 0 radical (unpaired) electrons. The van der Waals surface area contributed by atoms with Gasteiger partial charge >= 0.3 is 0 Å². The number of rotatable bonds is 2. The molecule has 2 rings (SSSR count). The van der Waals surface area contributed by atoms with Crippen molar-refractivity contribution in [1.29, 1.82) is 0 Å². The minimum Gasteiger partial charge on any atom is -0.330 e. The van der Waals surface area contributed by atoms with E-state index in [1.807, 2.05) is 0 Å². The normalized spacial score (nSPS) is 18.3. The Morgan fingerprint density at radius 1 is 1.25 bits per heavy atom. The molecule has 1 aromatic carbocycles. The zero-order valence-electron chi connectivity index (χ0n) is 8.49. The van der Waals surface area contributed by atoms with Crippen molar-refractivity contribution < 1.29 is 13.2 Å². The van der Waals surface area contributed by atoms with Gasteiger partial charge in [-0.25, -0.2) is 13.2 Å². The quantitative estimate of drug-likeness (QED) is 0.657. The molecule has 0 saturated heterocycles. The Morgan fingerprint density at radius 3 is 2.31 bits per heavy atom. The molecule has 5 heteroatoms. The van der Waals surface area contributed by atoms with Crippen LogP contribution in [0.15, 0.2) is 10.5 Å². The average Bonchev–Trinajstić information content (AvgIpc) is 2.18. The third-order valence-corrected chi connectivity index (χ3v) is 4.07. The molecule has 0 atom stereocenters. The van der Waals surface area contributed by atoms with Crippen LogP contribution in [0.25, 0.3) is 0 Å². The average molecular weight is 294 g/mol. The smallest absolute Gasteiger partial charge is 0.147 e. The molecule has 16 heavy (non-hydrogen) atoms. The minimum absolute atomic E-state index is 0.0745. The zero-order chi connectivity index (χ0) is 11.9. The van der Waals surface area contributed by atoms with Crippen LogP contribution in [0.1, 0.15) is 24.8 Å². The van der Waals surface area contributed by atoms with Gasteiger partial charge < -0.3 is 5.73 Å². The van der Waals surface area contributed by atoms with Gasteiger partial charge in [0.15, 0.2) is 0 Å². The van der Waals surface area contributed by atoms with E-state index in [1.54, 1.807) is 0 Å². The van der Waals surface area contributed by atoms with Crippen LogP contribution in [0.3, 0.4) is 0 Å². The van der Waals surface area contributed by atoms with Gasteiger partial charge in [-0.2, -0.15) is 0 Å². The van der Waals surface area contributed by atoms with Crippen LogP contribution in [-0.4, -0.2) is 6.54 Å². The van der Waals surface area contributed by atoms with Crippen LogP contribution in [0.4, 0.5) is 13.2 Å². The van der Waals surface area contributed by atoms with E-state index in [1.165, 1.54) is 0 Å². The second kappa shape index (κ2) is 4.04. The first kappa shape index (κ1) is 11.9. The van der Waals surface area contributed by atoms with Crippen molar-refractivity contribution in [3.8, 4) is 0 Å². The molecule has 0 heterocycles. The van der Waals surface area contributed by atoms with Crippen molar-refractivity contribution in [2.75, 3.05) is 6.54 Å². The molecule has 0 spiro atoms. The predicted molar refractivity (Wildman–Crippen MR) is 58.6 cm³/mol. The fourth-order valence-corrected chi connectivity index (χ4v) is 2.52. The first-order valence-electron chi connectivity index (χ1n) is 5.05. The second-order valence-corrected chi connectivity index (χ2v) is 4.97. The highest BCUT2D eigenvalue weighted by Crippen LogP contribution is 2.46. The van der Waals surface area contributed by atoms with Crippen LogP contribution in [0.2, 0.25) is 0 Å². The lowest BCUT2D eigenvalue weighted by atomic mass is 9.64. The summed E-state index contributed by atoms with van der Waals surface area (Å²) in [5.41, 5.74) is 4.86. The van der Waals surface area contributed by atoms with E-state index < -0.39 is 22.9 Å². The second-order valence-electron chi connectivity index (χ2n) is 4.18. The summed E-state index contributed by atoms with van der Waals surface area (Å²) in [7, 11) is 0. The molecule has 2 N–H and O–H groups in total. The summed E-state index contributed by atoms with van der Waals surface area (Å²) >= 11 is 2.78. The van der Waals surface area contributed by atoms with E-state index >= 15 is 0 Å². The molecule has 0 unspecified atom stereocenters.